The topological polar surface area (TPSA) is 78.7 Å². The molecular weight excluding hydrogens is 1100 g/mol. The molecular formula is C56H68N2Ni2O2P8. The summed E-state index contributed by atoms with van der Waals surface area (Å²) in [7, 11) is 7.46. The first-order chi connectivity index (χ1) is 32.3. The predicted octanol–water partition coefficient (Wildman–Crippen LogP) is 16.9. The Kier molecular flexibility index (Phi) is 30.7. The van der Waals surface area contributed by atoms with Gasteiger partial charge in [-0.25, -0.2) is 0 Å². The van der Waals surface area contributed by atoms with Gasteiger partial charge in [0, 0.05) is 53.1 Å². The van der Waals surface area contributed by atoms with E-state index in [1.54, 1.807) is 52.2 Å². The van der Waals surface area contributed by atoms with Crippen LogP contribution >= 0.6 is 63.7 Å². The molecule has 14 heteroatoms. The Bertz CT molecular complexity index is 2150. The van der Waals surface area contributed by atoms with Gasteiger partial charge in [-0.2, -0.15) is 0 Å². The second-order valence-corrected chi connectivity index (χ2v) is 33.4. The van der Waals surface area contributed by atoms with Gasteiger partial charge in [-0.3, -0.25) is 0 Å². The van der Waals surface area contributed by atoms with Crippen LogP contribution in [0.5, 0.6) is 0 Å². The van der Waals surface area contributed by atoms with E-state index in [-0.39, 0.29) is 33.0 Å². The summed E-state index contributed by atoms with van der Waals surface area (Å²) >= 11 is 0. The fourth-order valence-corrected chi connectivity index (χ4v) is 25.9. The maximum Gasteiger partial charge on any atom is 0.120 e. The van der Waals surface area contributed by atoms with Gasteiger partial charge >= 0.3 is 0 Å². The molecule has 0 amide bonds. The van der Waals surface area contributed by atoms with Crippen LogP contribution in [0.3, 0.4) is 0 Å². The zero-order valence-corrected chi connectivity index (χ0v) is 51.7. The Balaban J connectivity index is 0.000000458. The number of hydrogen-bond donors (Lipinski definition) is 0. The van der Waals surface area contributed by atoms with Crippen LogP contribution in [0.1, 0.15) is 103 Å². The molecule has 0 saturated carbocycles. The van der Waals surface area contributed by atoms with Crippen LogP contribution in [0, 0.1) is 9.81 Å². The standard InChI is InChI=1S/2C18H15P.2C10H19P3.2NO.2Ni/c2*1-4-10-16(11-5-1)19(17-12-6-2-7-13-17)18-14-8-3-9-15-18;2*1-9(2,3)7-11-8(13-12-7)10(4,5)6;2*1-2;;/h2*1-15H;2*12H,1-6H3;;;;. The molecule has 374 valence electrons. The second-order valence-electron chi connectivity index (χ2n) is 19.7. The van der Waals surface area contributed by atoms with Crippen molar-refractivity contribution in [2.24, 2.45) is 0 Å². The van der Waals surface area contributed by atoms with Crippen molar-refractivity contribution >= 4 is 95.5 Å². The van der Waals surface area contributed by atoms with E-state index >= 15 is 0 Å². The summed E-state index contributed by atoms with van der Waals surface area (Å²) in [4.78, 5) is 14.5. The molecule has 2 aromatic heterocycles. The summed E-state index contributed by atoms with van der Waals surface area (Å²) in [6.45, 7) is 28.0. The first-order valence-corrected chi connectivity index (χ1v) is 32.4. The minimum Gasteiger partial charge on any atom is -0.120 e. The summed E-state index contributed by atoms with van der Waals surface area (Å²) in [5.41, 5.74) is 13.1. The normalized spacial score (nSPS) is 11.5. The van der Waals surface area contributed by atoms with Crippen LogP contribution in [-0.4, -0.2) is 0 Å². The Morgan fingerprint density at radius 3 is 0.600 bits per heavy atom. The maximum absolute atomic E-state index is 7.25. The fraction of sp³-hybridized carbons (Fsp3) is 0.286. The first-order valence-electron chi connectivity index (χ1n) is 22.5. The molecule has 0 fully saturated rings. The van der Waals surface area contributed by atoms with Crippen molar-refractivity contribution in [3.05, 3.63) is 212 Å². The van der Waals surface area contributed by atoms with Crippen molar-refractivity contribution < 1.29 is 33.0 Å². The largest absolute Gasteiger partial charge is 0.120 e. The molecule has 0 N–H and O–H groups in total. The average molecular weight is 1170 g/mol. The Labute approximate surface area is 453 Å². The quantitative estimate of drug-likeness (QED) is 0.123. The van der Waals surface area contributed by atoms with E-state index < -0.39 is 15.8 Å². The second kappa shape index (κ2) is 32.8. The van der Waals surface area contributed by atoms with Crippen molar-refractivity contribution in [1.82, 2.24) is 11.2 Å². The van der Waals surface area contributed by atoms with E-state index in [1.165, 1.54) is 31.8 Å². The van der Waals surface area contributed by atoms with Crippen LogP contribution in [0.15, 0.2) is 182 Å². The van der Waals surface area contributed by atoms with Crippen molar-refractivity contribution in [2.75, 3.05) is 0 Å². The van der Waals surface area contributed by atoms with Gasteiger partial charge in [0.05, 0.1) is 0 Å². The minimum atomic E-state index is -0.446. The van der Waals surface area contributed by atoms with Crippen LogP contribution < -0.4 is 43.0 Å². The van der Waals surface area contributed by atoms with E-state index in [2.05, 4.69) is 265 Å². The number of hydrogen-bond acceptors (Lipinski definition) is 2. The fourth-order valence-electron chi connectivity index (χ4n) is 6.22. The van der Waals surface area contributed by atoms with Crippen molar-refractivity contribution in [2.45, 2.75) is 105 Å². The summed E-state index contributed by atoms with van der Waals surface area (Å²) in [5.74, 6) is 0. The van der Waals surface area contributed by atoms with E-state index in [1.807, 2.05) is 0 Å². The summed E-state index contributed by atoms with van der Waals surface area (Å²) in [5, 5.41) is 15.3. The maximum atomic E-state index is 7.25. The zero-order valence-electron chi connectivity index (χ0n) is 42.3. The van der Waals surface area contributed by atoms with Gasteiger partial charge in [-0.15, -0.1) is 25.6 Å². The van der Waals surface area contributed by atoms with Crippen LogP contribution in [0.2, 0.25) is 0 Å². The SMILES string of the molecule is CC(C)(C)c1p[pH]c(C(C)(C)C)p1.CC(C)(C)c1p[pH]c(C(C)(C)C)p1.[N]=O.[N]=O.[Ni].[Ni].c1ccc(P(c2ccccc2)c2ccccc2)cc1.c1ccc(P(c2ccccc2)c2ccccc2)cc1. The predicted molar refractivity (Wildman–Crippen MR) is 318 cm³/mol. The molecule has 2 atom stereocenters. The summed E-state index contributed by atoms with van der Waals surface area (Å²) < 4.78 is 0. The van der Waals surface area contributed by atoms with Crippen LogP contribution in [0.4, 0.5) is 0 Å². The van der Waals surface area contributed by atoms with Gasteiger partial charge in [-0.05, 0) is 85.1 Å². The zero-order chi connectivity index (χ0) is 50.4. The Morgan fingerprint density at radius 1 is 0.314 bits per heavy atom. The first kappa shape index (κ1) is 65.7. The molecule has 8 aromatic rings. The van der Waals surface area contributed by atoms with E-state index in [0.717, 1.165) is 15.7 Å². The van der Waals surface area contributed by atoms with Crippen molar-refractivity contribution in [3.63, 3.8) is 0 Å². The molecule has 0 aliphatic carbocycles. The Morgan fingerprint density at radius 2 is 0.486 bits per heavy atom. The number of nitroso groups, excluding NO2 is 2. The molecule has 0 saturated heterocycles. The molecule has 0 bridgehead atoms. The number of rotatable bonds is 6. The van der Waals surface area contributed by atoms with E-state index in [9.17, 15) is 0 Å². The Hall–Kier alpha value is -2.35. The summed E-state index contributed by atoms with van der Waals surface area (Å²) in [6.07, 6.45) is 0. The molecule has 2 unspecified atom stereocenters. The van der Waals surface area contributed by atoms with Crippen molar-refractivity contribution in [1.29, 1.82) is 0 Å². The average Bonchev–Trinajstić information content (AvgIpc) is 4.07. The van der Waals surface area contributed by atoms with Gasteiger partial charge in [0.15, 0.2) is 0 Å². The van der Waals surface area contributed by atoms with Gasteiger partial charge in [0.2, 0.25) is 0 Å². The van der Waals surface area contributed by atoms with Crippen LogP contribution in [0.25, 0.3) is 0 Å². The number of benzene rings is 6. The van der Waals surface area contributed by atoms with E-state index in [4.69, 9.17) is 21.0 Å². The minimum absolute atomic E-state index is 0. The smallest absolute Gasteiger partial charge is 0.120 e. The molecule has 2 heterocycles. The molecule has 4 nitrogen and oxygen atoms in total. The van der Waals surface area contributed by atoms with Crippen LogP contribution in [-0.2, 0) is 54.6 Å². The molecule has 0 aliphatic rings. The monoisotopic (exact) mass is 1160 g/mol. The van der Waals surface area contributed by atoms with Gasteiger partial charge in [0.1, 0.15) is 11.2 Å². The molecule has 2 radical (unpaired) electrons. The van der Waals surface area contributed by atoms with Gasteiger partial charge in [-0.1, -0.05) is 281 Å². The molecule has 70 heavy (non-hydrogen) atoms. The molecule has 6 aromatic carbocycles. The van der Waals surface area contributed by atoms with E-state index in [0.29, 0.717) is 21.7 Å². The number of nitrogens with zero attached hydrogens (tertiary/aromatic N) is 2. The summed E-state index contributed by atoms with van der Waals surface area (Å²) in [6, 6.07) is 64.7. The third kappa shape index (κ3) is 22.0. The molecule has 0 aliphatic heterocycles. The van der Waals surface area contributed by atoms with Gasteiger partial charge in [0.25, 0.3) is 0 Å². The van der Waals surface area contributed by atoms with Gasteiger partial charge < -0.3 is 0 Å². The molecule has 8 rings (SSSR count). The third-order valence-corrected chi connectivity index (χ3v) is 30.3. The van der Waals surface area contributed by atoms with Crippen molar-refractivity contribution in [3.8, 4) is 0 Å². The third-order valence-electron chi connectivity index (χ3n) is 9.82. The molecule has 0 spiro atoms.